The van der Waals surface area contributed by atoms with Gasteiger partial charge in [-0.25, -0.2) is 4.98 Å². The molecule has 1 amide bonds. The molecule has 0 radical (unpaired) electrons. The van der Waals surface area contributed by atoms with Gasteiger partial charge in [-0.3, -0.25) is 9.20 Å². The number of aromatic nitrogens is 2. The van der Waals surface area contributed by atoms with Crippen LogP contribution >= 0.6 is 23.2 Å². The molecule has 26 heavy (non-hydrogen) atoms. The lowest BCUT2D eigenvalue weighted by Crippen LogP contribution is -2.24. The molecule has 134 valence electrons. The fourth-order valence-electron chi connectivity index (χ4n) is 2.62. The van der Waals surface area contributed by atoms with E-state index < -0.39 is 0 Å². The van der Waals surface area contributed by atoms with E-state index in [-0.39, 0.29) is 5.91 Å². The number of rotatable bonds is 5. The fourth-order valence-corrected chi connectivity index (χ4v) is 3.05. The van der Waals surface area contributed by atoms with Crippen molar-refractivity contribution in [2.45, 2.75) is 6.54 Å². The number of amides is 1. The normalized spacial score (nSPS) is 11.2. The summed E-state index contributed by atoms with van der Waals surface area (Å²) in [5.74, 6) is 0.511. The van der Waals surface area contributed by atoms with Crippen molar-refractivity contribution in [3.63, 3.8) is 0 Å². The average molecular weight is 390 g/mol. The van der Waals surface area contributed by atoms with E-state index in [4.69, 9.17) is 27.9 Å². The van der Waals surface area contributed by atoms with Gasteiger partial charge in [-0.2, -0.15) is 0 Å². The Morgan fingerprint density at radius 1 is 1.31 bits per heavy atom. The first kappa shape index (κ1) is 18.3. The van der Waals surface area contributed by atoms with Crippen LogP contribution in [0.3, 0.4) is 0 Å². The maximum atomic E-state index is 12.5. The van der Waals surface area contributed by atoms with Crippen molar-refractivity contribution < 1.29 is 9.53 Å². The van der Waals surface area contributed by atoms with Crippen molar-refractivity contribution in [1.82, 2.24) is 14.3 Å². The van der Waals surface area contributed by atoms with Gasteiger partial charge in [0.1, 0.15) is 11.4 Å². The summed E-state index contributed by atoms with van der Waals surface area (Å²) < 4.78 is 7.15. The molecule has 0 saturated carbocycles. The quantitative estimate of drug-likeness (QED) is 0.610. The number of hydrogen-bond donors (Lipinski definition) is 0. The first-order chi connectivity index (χ1) is 12.5. The van der Waals surface area contributed by atoms with E-state index in [0.717, 1.165) is 11.2 Å². The van der Waals surface area contributed by atoms with E-state index in [1.807, 2.05) is 28.8 Å². The lowest BCUT2D eigenvalue weighted by molar-refractivity contribution is -0.125. The van der Waals surface area contributed by atoms with E-state index in [2.05, 4.69) is 4.98 Å². The Labute approximate surface area is 161 Å². The topological polar surface area (TPSA) is 46.8 Å². The molecule has 1 aromatic carbocycles. The summed E-state index contributed by atoms with van der Waals surface area (Å²) in [6.07, 6.45) is 4.98. The Kier molecular flexibility index (Phi) is 5.49. The van der Waals surface area contributed by atoms with Crippen molar-refractivity contribution >= 4 is 40.8 Å². The molecule has 0 unspecified atom stereocenters. The molecule has 0 spiro atoms. The Bertz CT molecular complexity index is 982. The number of imidazole rings is 1. The number of nitrogens with zero attached hydrogens (tertiary/aromatic N) is 3. The number of hydrogen-bond acceptors (Lipinski definition) is 3. The highest BCUT2D eigenvalue weighted by molar-refractivity contribution is 6.31. The summed E-state index contributed by atoms with van der Waals surface area (Å²) >= 11 is 12.2. The van der Waals surface area contributed by atoms with Crippen LogP contribution < -0.4 is 4.74 Å². The summed E-state index contributed by atoms with van der Waals surface area (Å²) in [5, 5.41) is 0.939. The second-order valence-electron chi connectivity index (χ2n) is 5.70. The first-order valence-electron chi connectivity index (χ1n) is 7.88. The SMILES string of the molecule is COc1ccc(Cl)cc1CN(C)C(=O)/C=C/c1c(Cl)nc2ccccn12. The fraction of sp³-hybridized carbons (Fsp3) is 0.158. The third-order valence-corrected chi connectivity index (χ3v) is 4.45. The van der Waals surface area contributed by atoms with Crippen LogP contribution in [0.1, 0.15) is 11.3 Å². The number of fused-ring (bicyclic) bond motifs is 1. The highest BCUT2D eigenvalue weighted by Crippen LogP contribution is 2.24. The van der Waals surface area contributed by atoms with Gasteiger partial charge in [0.25, 0.3) is 0 Å². The van der Waals surface area contributed by atoms with E-state index in [9.17, 15) is 4.79 Å². The Morgan fingerprint density at radius 3 is 2.88 bits per heavy atom. The van der Waals surface area contributed by atoms with Crippen LogP contribution in [0.15, 0.2) is 48.7 Å². The lowest BCUT2D eigenvalue weighted by Gasteiger charge is -2.17. The summed E-state index contributed by atoms with van der Waals surface area (Å²) in [5.41, 5.74) is 2.21. The molecule has 5 nitrogen and oxygen atoms in total. The number of carbonyl (C=O) groups is 1. The third kappa shape index (κ3) is 3.84. The molecule has 0 fully saturated rings. The highest BCUT2D eigenvalue weighted by atomic mass is 35.5. The zero-order valence-corrected chi connectivity index (χ0v) is 15.8. The minimum atomic E-state index is -0.172. The predicted octanol–water partition coefficient (Wildman–Crippen LogP) is 4.32. The number of halogens is 2. The molecule has 0 aliphatic rings. The predicted molar refractivity (Wildman–Crippen MR) is 104 cm³/mol. The molecule has 0 bridgehead atoms. The number of likely N-dealkylation sites (N-methyl/N-ethyl adjacent to an activating group) is 1. The van der Waals surface area contributed by atoms with E-state index in [0.29, 0.717) is 28.2 Å². The lowest BCUT2D eigenvalue weighted by atomic mass is 10.2. The zero-order valence-electron chi connectivity index (χ0n) is 14.3. The second kappa shape index (κ2) is 7.81. The maximum Gasteiger partial charge on any atom is 0.246 e. The largest absolute Gasteiger partial charge is 0.496 e. The summed E-state index contributed by atoms with van der Waals surface area (Å²) in [7, 11) is 3.30. The molecule has 0 saturated heterocycles. The summed E-state index contributed by atoms with van der Waals surface area (Å²) in [6, 6.07) is 10.9. The number of benzene rings is 1. The smallest absolute Gasteiger partial charge is 0.246 e. The molecule has 3 aromatic rings. The van der Waals surface area contributed by atoms with Gasteiger partial charge in [0.2, 0.25) is 5.91 Å². The maximum absolute atomic E-state index is 12.5. The van der Waals surface area contributed by atoms with Crippen LogP contribution in [-0.2, 0) is 11.3 Å². The molecule has 0 aliphatic heterocycles. The van der Waals surface area contributed by atoms with E-state index >= 15 is 0 Å². The van der Waals surface area contributed by atoms with Crippen molar-refractivity contribution in [2.24, 2.45) is 0 Å². The van der Waals surface area contributed by atoms with Crippen LogP contribution in [0.25, 0.3) is 11.7 Å². The molecule has 0 atom stereocenters. The second-order valence-corrected chi connectivity index (χ2v) is 6.49. The van der Waals surface area contributed by atoms with Crippen LogP contribution in [0, 0.1) is 0 Å². The number of methoxy groups -OCH3 is 1. The molecule has 2 heterocycles. The van der Waals surface area contributed by atoms with Crippen LogP contribution in [0.5, 0.6) is 5.75 Å². The van der Waals surface area contributed by atoms with E-state index in [1.165, 1.54) is 6.08 Å². The molecular weight excluding hydrogens is 373 g/mol. The first-order valence-corrected chi connectivity index (χ1v) is 8.63. The molecule has 0 aliphatic carbocycles. The summed E-state index contributed by atoms with van der Waals surface area (Å²) in [4.78, 5) is 18.3. The Morgan fingerprint density at radius 2 is 2.12 bits per heavy atom. The molecule has 3 rings (SSSR count). The van der Waals surface area contributed by atoms with Crippen molar-refractivity contribution in [2.75, 3.05) is 14.2 Å². The van der Waals surface area contributed by atoms with Gasteiger partial charge in [0.15, 0.2) is 5.15 Å². The number of pyridine rings is 1. The van der Waals surface area contributed by atoms with Crippen LogP contribution in [0.2, 0.25) is 10.2 Å². The van der Waals surface area contributed by atoms with Gasteiger partial charge in [0, 0.05) is 36.5 Å². The minimum Gasteiger partial charge on any atom is -0.496 e. The monoisotopic (exact) mass is 389 g/mol. The van der Waals surface area contributed by atoms with Gasteiger partial charge in [-0.15, -0.1) is 0 Å². The van der Waals surface area contributed by atoms with Gasteiger partial charge < -0.3 is 9.64 Å². The number of ether oxygens (including phenoxy) is 1. The van der Waals surface area contributed by atoms with Crippen LogP contribution in [-0.4, -0.2) is 34.3 Å². The number of carbonyl (C=O) groups excluding carboxylic acids is 1. The molecule has 2 aromatic heterocycles. The van der Waals surface area contributed by atoms with Gasteiger partial charge in [0.05, 0.1) is 12.8 Å². The van der Waals surface area contributed by atoms with Crippen molar-refractivity contribution in [1.29, 1.82) is 0 Å². The van der Waals surface area contributed by atoms with E-state index in [1.54, 1.807) is 43.3 Å². The Balaban J connectivity index is 1.78. The Hall–Kier alpha value is -2.50. The summed E-state index contributed by atoms with van der Waals surface area (Å²) in [6.45, 7) is 0.369. The standard InChI is InChI=1S/C19H17Cl2N3O2/c1-23(12-13-11-14(20)6-8-16(13)26-2)18(25)9-7-15-19(21)22-17-5-3-4-10-24(15)17/h3-11H,12H2,1-2H3/b9-7+. The third-order valence-electron chi connectivity index (χ3n) is 3.93. The van der Waals surface area contributed by atoms with Gasteiger partial charge >= 0.3 is 0 Å². The van der Waals surface area contributed by atoms with Gasteiger partial charge in [-0.05, 0) is 36.4 Å². The van der Waals surface area contributed by atoms with Crippen molar-refractivity contribution in [3.8, 4) is 5.75 Å². The minimum absolute atomic E-state index is 0.172. The average Bonchev–Trinajstić information content (AvgIpc) is 2.95. The molecule has 0 N–H and O–H groups in total. The van der Waals surface area contributed by atoms with Crippen molar-refractivity contribution in [3.05, 3.63) is 70.1 Å². The highest BCUT2D eigenvalue weighted by Gasteiger charge is 2.12. The zero-order chi connectivity index (χ0) is 18.7. The van der Waals surface area contributed by atoms with Crippen LogP contribution in [0.4, 0.5) is 0 Å². The van der Waals surface area contributed by atoms with Gasteiger partial charge in [-0.1, -0.05) is 29.3 Å². The molecular formula is C19H17Cl2N3O2. The molecule has 7 heteroatoms.